The van der Waals surface area contributed by atoms with Gasteiger partial charge in [-0.25, -0.2) is 0 Å². The smallest absolute Gasteiger partial charge is 0.0622 e. The molecule has 0 bridgehead atoms. The summed E-state index contributed by atoms with van der Waals surface area (Å²) in [5.41, 5.74) is 0. The Morgan fingerprint density at radius 1 is 1.20 bits per heavy atom. The summed E-state index contributed by atoms with van der Waals surface area (Å²) in [6.45, 7) is 1.94. The summed E-state index contributed by atoms with van der Waals surface area (Å²) in [5.74, 6) is 0. The normalized spacial score (nSPS) is 33.6. The van der Waals surface area contributed by atoms with Crippen LogP contribution in [0.4, 0.5) is 0 Å². The van der Waals surface area contributed by atoms with Crippen LogP contribution in [0, 0.1) is 0 Å². The van der Waals surface area contributed by atoms with Crippen molar-refractivity contribution in [3.8, 4) is 0 Å². The largest absolute Gasteiger partial charge is 0.380 e. The minimum absolute atomic E-state index is 0.729. The second-order valence-electron chi connectivity index (χ2n) is 3.41. The van der Waals surface area contributed by atoms with Crippen molar-refractivity contribution in [1.29, 1.82) is 0 Å². The maximum atomic E-state index is 5.31. The van der Waals surface area contributed by atoms with E-state index in [4.69, 9.17) is 4.74 Å². The summed E-state index contributed by atoms with van der Waals surface area (Å²) in [5, 5.41) is 0. The van der Waals surface area contributed by atoms with Crippen LogP contribution in [0.15, 0.2) is 0 Å². The Labute approximate surface area is 62.2 Å². The highest BCUT2D eigenvalue weighted by atomic mass is 16.5. The Balaban J connectivity index is 1.84. The summed E-state index contributed by atoms with van der Waals surface area (Å²) >= 11 is 0. The molecule has 0 radical (unpaired) electrons. The van der Waals surface area contributed by atoms with Crippen LogP contribution in [0.2, 0.25) is 0 Å². The molecule has 1 aliphatic carbocycles. The number of hydrogen-bond donors (Lipinski definition) is 0. The monoisotopic (exact) mass is 141 g/mol. The predicted octanol–water partition coefficient (Wildman–Crippen LogP) is 0.869. The molecule has 58 valence electrons. The topological polar surface area (TPSA) is 12.5 Å². The van der Waals surface area contributed by atoms with Gasteiger partial charge >= 0.3 is 0 Å². The molecule has 2 fully saturated rings. The molecule has 10 heavy (non-hydrogen) atoms. The van der Waals surface area contributed by atoms with E-state index in [1.807, 2.05) is 0 Å². The third-order valence-electron chi connectivity index (χ3n) is 2.60. The summed E-state index contributed by atoms with van der Waals surface area (Å²) in [6.07, 6.45) is 4.06. The Bertz CT molecular complexity index is 116. The Kier molecular flexibility index (Phi) is 1.66. The average molecular weight is 141 g/mol. The fraction of sp³-hybridized carbons (Fsp3) is 1.00. The molecule has 0 amide bonds. The van der Waals surface area contributed by atoms with Crippen molar-refractivity contribution in [2.75, 3.05) is 20.3 Å². The van der Waals surface area contributed by atoms with E-state index in [9.17, 15) is 0 Å². The lowest BCUT2D eigenvalue weighted by atomic mass is 10.2. The van der Waals surface area contributed by atoms with E-state index in [0.717, 1.165) is 25.3 Å². The molecule has 1 saturated heterocycles. The highest BCUT2D eigenvalue weighted by Crippen LogP contribution is 2.28. The van der Waals surface area contributed by atoms with Gasteiger partial charge in [-0.2, -0.15) is 0 Å². The quantitative estimate of drug-likeness (QED) is 0.565. The number of rotatable bonds is 2. The molecular weight excluding hydrogens is 126 g/mol. The van der Waals surface area contributed by atoms with Crippen molar-refractivity contribution in [2.45, 2.75) is 31.3 Å². The molecule has 0 N–H and O–H groups in total. The van der Waals surface area contributed by atoms with E-state index < -0.39 is 0 Å². The lowest BCUT2D eigenvalue weighted by molar-refractivity contribution is 0.156. The zero-order chi connectivity index (χ0) is 6.97. The summed E-state index contributed by atoms with van der Waals surface area (Å²) in [6, 6.07) is 1.62. The molecule has 1 saturated carbocycles. The fourth-order valence-corrected chi connectivity index (χ4v) is 1.62. The summed E-state index contributed by atoms with van der Waals surface area (Å²) in [7, 11) is 2.23. The molecule has 2 aliphatic rings. The van der Waals surface area contributed by atoms with Crippen LogP contribution in [0.3, 0.4) is 0 Å². The van der Waals surface area contributed by atoms with Gasteiger partial charge in [-0.15, -0.1) is 0 Å². The maximum absolute atomic E-state index is 5.31. The molecule has 1 unspecified atom stereocenters. The van der Waals surface area contributed by atoms with E-state index in [1.54, 1.807) is 0 Å². The molecular formula is C8H15NO. The zero-order valence-corrected chi connectivity index (χ0v) is 6.55. The highest BCUT2D eigenvalue weighted by Gasteiger charge is 2.32. The lowest BCUT2D eigenvalue weighted by Crippen LogP contribution is -2.33. The molecule has 0 aromatic rings. The van der Waals surface area contributed by atoms with Crippen LogP contribution in [-0.4, -0.2) is 37.2 Å². The number of hydrogen-bond acceptors (Lipinski definition) is 2. The van der Waals surface area contributed by atoms with Crippen LogP contribution in [-0.2, 0) is 4.74 Å². The second kappa shape index (κ2) is 2.51. The molecule has 2 rings (SSSR count). The van der Waals surface area contributed by atoms with E-state index >= 15 is 0 Å². The molecule has 0 aromatic heterocycles. The SMILES string of the molecule is CN(C1CC1)C1CCOC1. The number of nitrogens with zero attached hydrogens (tertiary/aromatic N) is 1. The molecule has 2 nitrogen and oxygen atoms in total. The zero-order valence-electron chi connectivity index (χ0n) is 6.55. The number of likely N-dealkylation sites (N-methyl/N-ethyl adjacent to an activating group) is 1. The highest BCUT2D eigenvalue weighted by molar-refractivity contribution is 4.87. The predicted molar refractivity (Wildman–Crippen MR) is 40.0 cm³/mol. The molecule has 1 atom stereocenters. The van der Waals surface area contributed by atoms with E-state index in [-0.39, 0.29) is 0 Å². The van der Waals surface area contributed by atoms with Gasteiger partial charge in [0.1, 0.15) is 0 Å². The van der Waals surface area contributed by atoms with Gasteiger partial charge in [-0.1, -0.05) is 0 Å². The standard InChI is InChI=1S/C8H15NO/c1-9(7-2-3-7)8-4-5-10-6-8/h7-8H,2-6H2,1H3. The third-order valence-corrected chi connectivity index (χ3v) is 2.60. The summed E-state index contributed by atoms with van der Waals surface area (Å²) < 4.78 is 5.31. The first kappa shape index (κ1) is 6.62. The number of ether oxygens (including phenoxy) is 1. The molecule has 2 heteroatoms. The minimum atomic E-state index is 0.729. The lowest BCUT2D eigenvalue weighted by Gasteiger charge is -2.21. The third kappa shape index (κ3) is 1.18. The molecule has 0 aromatic carbocycles. The van der Waals surface area contributed by atoms with E-state index in [1.165, 1.54) is 19.3 Å². The van der Waals surface area contributed by atoms with Crippen molar-refractivity contribution in [1.82, 2.24) is 4.90 Å². The van der Waals surface area contributed by atoms with Gasteiger partial charge in [-0.05, 0) is 26.3 Å². The first-order valence-electron chi connectivity index (χ1n) is 4.17. The van der Waals surface area contributed by atoms with Gasteiger partial charge in [0.15, 0.2) is 0 Å². The van der Waals surface area contributed by atoms with Gasteiger partial charge in [0, 0.05) is 18.7 Å². The summed E-state index contributed by atoms with van der Waals surface area (Å²) in [4.78, 5) is 2.49. The van der Waals surface area contributed by atoms with E-state index in [0.29, 0.717) is 0 Å². The van der Waals surface area contributed by atoms with Gasteiger partial charge in [0.05, 0.1) is 6.61 Å². The van der Waals surface area contributed by atoms with Crippen molar-refractivity contribution >= 4 is 0 Å². The average Bonchev–Trinajstić information content (AvgIpc) is 2.65. The van der Waals surface area contributed by atoms with Crippen LogP contribution in [0.25, 0.3) is 0 Å². The van der Waals surface area contributed by atoms with Gasteiger partial charge < -0.3 is 4.74 Å². The Morgan fingerprint density at radius 3 is 2.50 bits per heavy atom. The molecule has 0 spiro atoms. The Hall–Kier alpha value is -0.0800. The van der Waals surface area contributed by atoms with Crippen LogP contribution >= 0.6 is 0 Å². The van der Waals surface area contributed by atoms with Crippen LogP contribution in [0.1, 0.15) is 19.3 Å². The van der Waals surface area contributed by atoms with Crippen LogP contribution in [0.5, 0.6) is 0 Å². The minimum Gasteiger partial charge on any atom is -0.380 e. The Morgan fingerprint density at radius 2 is 2.00 bits per heavy atom. The van der Waals surface area contributed by atoms with Gasteiger partial charge in [0.2, 0.25) is 0 Å². The molecule has 1 aliphatic heterocycles. The van der Waals surface area contributed by atoms with Crippen molar-refractivity contribution in [3.63, 3.8) is 0 Å². The maximum Gasteiger partial charge on any atom is 0.0622 e. The van der Waals surface area contributed by atoms with Crippen molar-refractivity contribution < 1.29 is 4.74 Å². The van der Waals surface area contributed by atoms with Gasteiger partial charge in [-0.3, -0.25) is 4.90 Å². The van der Waals surface area contributed by atoms with Crippen LogP contribution < -0.4 is 0 Å². The van der Waals surface area contributed by atoms with Crippen molar-refractivity contribution in [2.24, 2.45) is 0 Å². The second-order valence-corrected chi connectivity index (χ2v) is 3.41. The first-order chi connectivity index (χ1) is 4.88. The fourth-order valence-electron chi connectivity index (χ4n) is 1.62. The van der Waals surface area contributed by atoms with E-state index in [2.05, 4.69) is 11.9 Å². The van der Waals surface area contributed by atoms with Crippen molar-refractivity contribution in [3.05, 3.63) is 0 Å². The molecule has 1 heterocycles. The first-order valence-corrected chi connectivity index (χ1v) is 4.17. The van der Waals surface area contributed by atoms with Gasteiger partial charge in [0.25, 0.3) is 0 Å².